The highest BCUT2D eigenvalue weighted by Crippen LogP contribution is 2.30. The van der Waals surface area contributed by atoms with E-state index in [9.17, 15) is 10.2 Å². The summed E-state index contributed by atoms with van der Waals surface area (Å²) in [6.07, 6.45) is 10.2. The summed E-state index contributed by atoms with van der Waals surface area (Å²) in [5.41, 5.74) is 3.57. The van der Waals surface area contributed by atoms with Gasteiger partial charge in [-0.25, -0.2) is 0 Å². The fourth-order valence-corrected chi connectivity index (χ4v) is 3.14. The highest BCUT2D eigenvalue weighted by molar-refractivity contribution is 5.13. The van der Waals surface area contributed by atoms with Crippen molar-refractivity contribution in [3.05, 3.63) is 34.9 Å². The zero-order valence-corrected chi connectivity index (χ0v) is 15.0. The average Bonchev–Trinajstić information content (AvgIpc) is 2.43. The molecule has 0 heterocycles. The third-order valence-electron chi connectivity index (χ3n) is 4.87. The zero-order chi connectivity index (χ0) is 16.7. The molecule has 0 spiro atoms. The van der Waals surface area contributed by atoms with Crippen LogP contribution < -0.4 is 0 Å². The third-order valence-corrected chi connectivity index (χ3v) is 4.87. The molecule has 0 bridgehead atoms. The van der Waals surface area contributed by atoms with Gasteiger partial charge in [0.15, 0.2) is 0 Å². The van der Waals surface area contributed by atoms with Crippen LogP contribution in [-0.2, 0) is 0 Å². The van der Waals surface area contributed by atoms with E-state index in [0.717, 1.165) is 31.3 Å². The lowest BCUT2D eigenvalue weighted by Crippen LogP contribution is -2.27. The van der Waals surface area contributed by atoms with Crippen molar-refractivity contribution in [2.24, 2.45) is 11.8 Å². The van der Waals surface area contributed by atoms with Crippen LogP contribution in [0.25, 0.3) is 0 Å². The minimum atomic E-state index is -0.468. The Morgan fingerprint density at radius 2 is 2.00 bits per heavy atom. The summed E-state index contributed by atoms with van der Waals surface area (Å²) in [6.45, 7) is 10.6. The second-order valence-electron chi connectivity index (χ2n) is 7.24. The van der Waals surface area contributed by atoms with E-state index in [4.69, 9.17) is 0 Å². The van der Waals surface area contributed by atoms with E-state index in [2.05, 4.69) is 39.8 Å². The molecule has 0 radical (unpaired) electrons. The Balaban J connectivity index is 2.82. The molecule has 0 aliphatic heterocycles. The van der Waals surface area contributed by atoms with E-state index < -0.39 is 12.2 Å². The third kappa shape index (κ3) is 6.50. The molecule has 0 unspecified atom stereocenters. The highest BCUT2D eigenvalue weighted by atomic mass is 16.3. The van der Waals surface area contributed by atoms with Crippen molar-refractivity contribution in [1.82, 2.24) is 0 Å². The summed E-state index contributed by atoms with van der Waals surface area (Å²) < 4.78 is 0. The van der Waals surface area contributed by atoms with Gasteiger partial charge in [0.1, 0.15) is 0 Å². The summed E-state index contributed by atoms with van der Waals surface area (Å²) in [5, 5.41) is 20.8. The van der Waals surface area contributed by atoms with Gasteiger partial charge in [-0.15, -0.1) is 0 Å². The van der Waals surface area contributed by atoms with Crippen LogP contribution >= 0.6 is 0 Å². The van der Waals surface area contributed by atoms with Crippen LogP contribution in [0, 0.1) is 11.8 Å². The standard InChI is InChI=1S/C20H34O2/c1-14(2)7-6-8-16(4)18-11-9-15(3)10-12-19(21)17(5)13-20(18)22/h7,10,13,16,18-22H,6,8-9,11-12H2,1-5H3/b15-10?,17-13+/t16-,18+,19+,20+/m1/s1. The SMILES string of the molecule is CC(C)=CCC[C@@H](C)[C@@H]1CCC(C)=CC[C@H](O)/C(C)=C/[C@@H]1O. The summed E-state index contributed by atoms with van der Waals surface area (Å²) in [6, 6.07) is 0. The number of rotatable bonds is 4. The second kappa shape index (κ2) is 9.32. The first-order valence-electron chi connectivity index (χ1n) is 8.64. The number of aliphatic hydroxyl groups is 2. The first-order valence-corrected chi connectivity index (χ1v) is 8.64. The minimum absolute atomic E-state index is 0.258. The zero-order valence-electron chi connectivity index (χ0n) is 15.0. The topological polar surface area (TPSA) is 40.5 Å². The molecular weight excluding hydrogens is 272 g/mol. The fourth-order valence-electron chi connectivity index (χ4n) is 3.14. The van der Waals surface area contributed by atoms with Gasteiger partial charge in [-0.2, -0.15) is 0 Å². The van der Waals surface area contributed by atoms with E-state index in [1.54, 1.807) is 0 Å². The molecule has 2 heteroatoms. The fraction of sp³-hybridized carbons (Fsp3) is 0.700. The van der Waals surface area contributed by atoms with Gasteiger partial charge in [-0.3, -0.25) is 0 Å². The number of hydrogen-bond donors (Lipinski definition) is 2. The molecule has 1 aliphatic carbocycles. The Morgan fingerprint density at radius 1 is 1.32 bits per heavy atom. The average molecular weight is 306 g/mol. The van der Waals surface area contributed by atoms with Crippen LogP contribution in [-0.4, -0.2) is 22.4 Å². The summed E-state index contributed by atoms with van der Waals surface area (Å²) in [5.74, 6) is 0.730. The van der Waals surface area contributed by atoms with E-state index in [1.807, 2.05) is 13.0 Å². The molecule has 2 nitrogen and oxygen atoms in total. The normalized spacial score (nSPS) is 30.8. The Hall–Kier alpha value is -0.860. The van der Waals surface area contributed by atoms with Gasteiger partial charge in [0.25, 0.3) is 0 Å². The maximum absolute atomic E-state index is 10.6. The van der Waals surface area contributed by atoms with Crippen molar-refractivity contribution in [1.29, 1.82) is 0 Å². The minimum Gasteiger partial charge on any atom is -0.389 e. The number of aliphatic hydroxyl groups excluding tert-OH is 2. The Morgan fingerprint density at radius 3 is 2.64 bits per heavy atom. The first kappa shape index (κ1) is 19.2. The molecule has 22 heavy (non-hydrogen) atoms. The van der Waals surface area contributed by atoms with Crippen LogP contribution in [0.2, 0.25) is 0 Å². The van der Waals surface area contributed by atoms with Gasteiger partial charge in [0.2, 0.25) is 0 Å². The predicted molar refractivity (Wildman–Crippen MR) is 94.7 cm³/mol. The molecule has 0 amide bonds. The first-order chi connectivity index (χ1) is 10.3. The van der Waals surface area contributed by atoms with Crippen molar-refractivity contribution in [3.8, 4) is 0 Å². The van der Waals surface area contributed by atoms with E-state index >= 15 is 0 Å². The van der Waals surface area contributed by atoms with Crippen molar-refractivity contribution >= 4 is 0 Å². The number of hydrogen-bond acceptors (Lipinski definition) is 2. The van der Waals surface area contributed by atoms with E-state index in [1.165, 1.54) is 11.1 Å². The molecule has 0 fully saturated rings. The molecule has 126 valence electrons. The van der Waals surface area contributed by atoms with Crippen LogP contribution in [0.5, 0.6) is 0 Å². The lowest BCUT2D eigenvalue weighted by Gasteiger charge is -2.29. The summed E-state index contributed by atoms with van der Waals surface area (Å²) >= 11 is 0. The van der Waals surface area contributed by atoms with E-state index in [0.29, 0.717) is 12.3 Å². The van der Waals surface area contributed by atoms with Crippen LogP contribution in [0.15, 0.2) is 34.9 Å². The van der Waals surface area contributed by atoms with Crippen LogP contribution in [0.4, 0.5) is 0 Å². The van der Waals surface area contributed by atoms with Gasteiger partial charge in [0, 0.05) is 0 Å². The lowest BCUT2D eigenvalue weighted by atomic mass is 9.80. The van der Waals surface area contributed by atoms with Crippen LogP contribution in [0.3, 0.4) is 0 Å². The van der Waals surface area contributed by atoms with Crippen molar-refractivity contribution in [2.75, 3.05) is 0 Å². The van der Waals surface area contributed by atoms with Crippen molar-refractivity contribution in [2.45, 2.75) is 78.9 Å². The Labute approximate surface area is 136 Å². The molecule has 0 aromatic heterocycles. The van der Waals surface area contributed by atoms with E-state index in [-0.39, 0.29) is 5.92 Å². The lowest BCUT2D eigenvalue weighted by molar-refractivity contribution is 0.104. The van der Waals surface area contributed by atoms with Crippen molar-refractivity contribution < 1.29 is 10.2 Å². The molecular formula is C20H34O2. The largest absolute Gasteiger partial charge is 0.389 e. The second-order valence-corrected chi connectivity index (χ2v) is 7.24. The maximum Gasteiger partial charge on any atom is 0.0782 e. The molecule has 0 saturated heterocycles. The summed E-state index contributed by atoms with van der Waals surface area (Å²) in [7, 11) is 0. The monoisotopic (exact) mass is 306 g/mol. The van der Waals surface area contributed by atoms with Crippen molar-refractivity contribution in [3.63, 3.8) is 0 Å². The maximum atomic E-state index is 10.6. The smallest absolute Gasteiger partial charge is 0.0782 e. The molecule has 1 aliphatic rings. The predicted octanol–water partition coefficient (Wildman–Crippen LogP) is 4.78. The van der Waals surface area contributed by atoms with Gasteiger partial charge in [0.05, 0.1) is 12.2 Å². The van der Waals surface area contributed by atoms with Gasteiger partial charge in [-0.05, 0) is 77.2 Å². The van der Waals surface area contributed by atoms with Gasteiger partial charge in [-0.1, -0.05) is 36.3 Å². The highest BCUT2D eigenvalue weighted by Gasteiger charge is 2.24. The molecule has 4 atom stereocenters. The quantitative estimate of drug-likeness (QED) is 0.734. The van der Waals surface area contributed by atoms with Gasteiger partial charge >= 0.3 is 0 Å². The molecule has 0 saturated carbocycles. The summed E-state index contributed by atoms with van der Waals surface area (Å²) in [4.78, 5) is 0. The Kier molecular flexibility index (Phi) is 8.13. The Bertz CT molecular complexity index is 427. The van der Waals surface area contributed by atoms with Gasteiger partial charge < -0.3 is 10.2 Å². The van der Waals surface area contributed by atoms with Crippen LogP contribution in [0.1, 0.15) is 66.7 Å². The molecule has 0 aromatic rings. The number of allylic oxidation sites excluding steroid dienone is 3. The molecule has 1 rings (SSSR count). The molecule has 2 N–H and O–H groups in total. The molecule has 0 aromatic carbocycles.